The summed E-state index contributed by atoms with van der Waals surface area (Å²) in [5.41, 5.74) is -1.13. The molecule has 0 bridgehead atoms. The molecule has 5 heteroatoms. The van der Waals surface area contributed by atoms with E-state index in [-0.39, 0.29) is 13.2 Å². The minimum atomic E-state index is -1.25. The van der Waals surface area contributed by atoms with Gasteiger partial charge in [0.15, 0.2) is 0 Å². The number of hydrogen-bond acceptors (Lipinski definition) is 5. The first-order valence-corrected chi connectivity index (χ1v) is 4.36. The second kappa shape index (κ2) is 3.89. The SMILES string of the molecule is CCC1(CO)OCC(O)C(O)C1O. The predicted molar refractivity (Wildman–Crippen MR) is 44.1 cm³/mol. The van der Waals surface area contributed by atoms with Crippen LogP contribution < -0.4 is 0 Å². The molecule has 0 saturated carbocycles. The Morgan fingerprint density at radius 1 is 1.38 bits per heavy atom. The number of hydrogen-bond donors (Lipinski definition) is 4. The van der Waals surface area contributed by atoms with Crippen LogP contribution >= 0.6 is 0 Å². The topological polar surface area (TPSA) is 90.2 Å². The van der Waals surface area contributed by atoms with Crippen molar-refractivity contribution in [3.8, 4) is 0 Å². The number of aliphatic hydroxyl groups is 4. The van der Waals surface area contributed by atoms with Crippen molar-refractivity contribution in [1.82, 2.24) is 0 Å². The first-order chi connectivity index (χ1) is 6.07. The summed E-state index contributed by atoms with van der Waals surface area (Å²) in [5, 5.41) is 37.1. The van der Waals surface area contributed by atoms with Gasteiger partial charge in [0.25, 0.3) is 0 Å². The molecule has 0 aromatic heterocycles. The summed E-state index contributed by atoms with van der Waals surface area (Å²) >= 11 is 0. The quantitative estimate of drug-likeness (QED) is 0.416. The van der Waals surface area contributed by atoms with Crippen molar-refractivity contribution in [2.24, 2.45) is 0 Å². The van der Waals surface area contributed by atoms with E-state index in [0.29, 0.717) is 6.42 Å². The molecule has 0 aliphatic carbocycles. The molecule has 4 atom stereocenters. The molecular formula is C8H16O5. The van der Waals surface area contributed by atoms with Crippen molar-refractivity contribution in [2.45, 2.75) is 37.3 Å². The number of ether oxygens (including phenoxy) is 1. The van der Waals surface area contributed by atoms with Crippen molar-refractivity contribution in [3.63, 3.8) is 0 Å². The standard InChI is InChI=1S/C8H16O5/c1-2-8(4-9)7(12)6(11)5(10)3-13-8/h5-7,9-12H,2-4H2,1H3. The van der Waals surface area contributed by atoms with Gasteiger partial charge in [0, 0.05) is 0 Å². The van der Waals surface area contributed by atoms with E-state index in [1.807, 2.05) is 0 Å². The van der Waals surface area contributed by atoms with Crippen molar-refractivity contribution in [3.05, 3.63) is 0 Å². The first-order valence-electron chi connectivity index (χ1n) is 4.36. The van der Waals surface area contributed by atoms with E-state index in [1.165, 1.54) is 0 Å². The summed E-state index contributed by atoms with van der Waals surface area (Å²) in [7, 11) is 0. The van der Waals surface area contributed by atoms with Crippen LogP contribution in [0.3, 0.4) is 0 Å². The van der Waals surface area contributed by atoms with E-state index in [4.69, 9.17) is 14.9 Å². The Kier molecular flexibility index (Phi) is 3.26. The zero-order valence-corrected chi connectivity index (χ0v) is 7.55. The van der Waals surface area contributed by atoms with Crippen LogP contribution in [0.2, 0.25) is 0 Å². The van der Waals surface area contributed by atoms with Crippen LogP contribution in [0.4, 0.5) is 0 Å². The Hall–Kier alpha value is -0.200. The van der Waals surface area contributed by atoms with Crippen LogP contribution in [0.25, 0.3) is 0 Å². The highest BCUT2D eigenvalue weighted by Crippen LogP contribution is 2.28. The van der Waals surface area contributed by atoms with E-state index < -0.39 is 23.9 Å². The molecule has 78 valence electrons. The monoisotopic (exact) mass is 192 g/mol. The maximum Gasteiger partial charge on any atom is 0.119 e. The fraction of sp³-hybridized carbons (Fsp3) is 1.00. The normalized spacial score (nSPS) is 46.4. The molecule has 1 aliphatic rings. The third kappa shape index (κ3) is 1.70. The molecule has 0 amide bonds. The number of aliphatic hydroxyl groups excluding tert-OH is 4. The minimum absolute atomic E-state index is 0.0629. The Labute approximate surface area is 76.6 Å². The molecule has 0 spiro atoms. The third-order valence-corrected chi connectivity index (χ3v) is 2.66. The van der Waals surface area contributed by atoms with E-state index in [9.17, 15) is 10.2 Å². The van der Waals surface area contributed by atoms with Crippen molar-refractivity contribution >= 4 is 0 Å². The lowest BCUT2D eigenvalue weighted by Gasteiger charge is -2.43. The van der Waals surface area contributed by atoms with Crippen LogP contribution in [0.1, 0.15) is 13.3 Å². The van der Waals surface area contributed by atoms with E-state index in [2.05, 4.69) is 0 Å². The zero-order valence-electron chi connectivity index (χ0n) is 7.55. The highest BCUT2D eigenvalue weighted by Gasteiger charge is 2.47. The van der Waals surface area contributed by atoms with Gasteiger partial charge in [-0.3, -0.25) is 0 Å². The maximum absolute atomic E-state index is 9.56. The Bertz CT molecular complexity index is 168. The fourth-order valence-corrected chi connectivity index (χ4v) is 1.52. The van der Waals surface area contributed by atoms with Crippen LogP contribution in [0.15, 0.2) is 0 Å². The molecule has 13 heavy (non-hydrogen) atoms. The lowest BCUT2D eigenvalue weighted by atomic mass is 9.86. The Balaban J connectivity index is 2.77. The Morgan fingerprint density at radius 3 is 2.46 bits per heavy atom. The number of rotatable bonds is 2. The largest absolute Gasteiger partial charge is 0.393 e. The predicted octanol–water partition coefficient (Wildman–Crippen LogP) is -1.76. The van der Waals surface area contributed by atoms with Gasteiger partial charge in [0.2, 0.25) is 0 Å². The molecule has 1 saturated heterocycles. The molecule has 1 rings (SSSR count). The average Bonchev–Trinajstić information content (AvgIpc) is 2.16. The molecule has 0 aromatic rings. The summed E-state index contributed by atoms with van der Waals surface area (Å²) in [6.07, 6.45) is -3.19. The fourth-order valence-electron chi connectivity index (χ4n) is 1.52. The first kappa shape index (κ1) is 10.9. The molecule has 0 aromatic carbocycles. The molecular weight excluding hydrogens is 176 g/mol. The van der Waals surface area contributed by atoms with Gasteiger partial charge in [0.1, 0.15) is 23.9 Å². The molecule has 4 N–H and O–H groups in total. The van der Waals surface area contributed by atoms with Gasteiger partial charge >= 0.3 is 0 Å². The van der Waals surface area contributed by atoms with Gasteiger partial charge in [-0.25, -0.2) is 0 Å². The lowest BCUT2D eigenvalue weighted by Crippen LogP contribution is -2.62. The maximum atomic E-state index is 9.56. The average molecular weight is 192 g/mol. The smallest absolute Gasteiger partial charge is 0.119 e. The molecule has 4 unspecified atom stereocenters. The summed E-state index contributed by atoms with van der Waals surface area (Å²) in [6, 6.07) is 0. The second-order valence-corrected chi connectivity index (χ2v) is 3.39. The van der Waals surface area contributed by atoms with Gasteiger partial charge in [-0.1, -0.05) is 6.92 Å². The van der Waals surface area contributed by atoms with Crippen LogP contribution in [0.5, 0.6) is 0 Å². The van der Waals surface area contributed by atoms with E-state index >= 15 is 0 Å². The van der Waals surface area contributed by atoms with Crippen molar-refractivity contribution in [2.75, 3.05) is 13.2 Å². The molecule has 1 aliphatic heterocycles. The van der Waals surface area contributed by atoms with Gasteiger partial charge in [-0.2, -0.15) is 0 Å². The highest BCUT2D eigenvalue weighted by atomic mass is 16.5. The van der Waals surface area contributed by atoms with Gasteiger partial charge < -0.3 is 25.2 Å². The summed E-state index contributed by atoms with van der Waals surface area (Å²) in [6.45, 7) is 1.31. The van der Waals surface area contributed by atoms with Crippen molar-refractivity contribution < 1.29 is 25.2 Å². The summed E-state index contributed by atoms with van der Waals surface area (Å²) < 4.78 is 5.15. The van der Waals surface area contributed by atoms with Gasteiger partial charge in [0.05, 0.1) is 13.2 Å². The van der Waals surface area contributed by atoms with Crippen molar-refractivity contribution in [1.29, 1.82) is 0 Å². The van der Waals surface area contributed by atoms with Crippen LogP contribution in [-0.4, -0.2) is 57.6 Å². The van der Waals surface area contributed by atoms with E-state index in [0.717, 1.165) is 0 Å². The molecule has 1 fully saturated rings. The molecule has 1 heterocycles. The van der Waals surface area contributed by atoms with Crippen LogP contribution in [-0.2, 0) is 4.74 Å². The zero-order chi connectivity index (χ0) is 10.1. The second-order valence-electron chi connectivity index (χ2n) is 3.39. The summed E-state index contributed by atoms with van der Waals surface area (Å²) in [4.78, 5) is 0. The summed E-state index contributed by atoms with van der Waals surface area (Å²) in [5.74, 6) is 0. The van der Waals surface area contributed by atoms with E-state index in [1.54, 1.807) is 6.92 Å². The molecule has 5 nitrogen and oxygen atoms in total. The molecule has 0 radical (unpaired) electrons. The van der Waals surface area contributed by atoms with Crippen LogP contribution in [0, 0.1) is 0 Å². The minimum Gasteiger partial charge on any atom is -0.393 e. The Morgan fingerprint density at radius 2 is 2.00 bits per heavy atom. The highest BCUT2D eigenvalue weighted by molar-refractivity contribution is 4.97. The van der Waals surface area contributed by atoms with Gasteiger partial charge in [-0.05, 0) is 6.42 Å². The third-order valence-electron chi connectivity index (χ3n) is 2.66. The lowest BCUT2D eigenvalue weighted by molar-refractivity contribution is -0.247. The van der Waals surface area contributed by atoms with Gasteiger partial charge in [-0.15, -0.1) is 0 Å².